The van der Waals surface area contributed by atoms with Gasteiger partial charge in [-0.1, -0.05) is 19.4 Å². The maximum Gasteiger partial charge on any atom is 0.258 e. The number of hydrogen-bond acceptors (Lipinski definition) is 4. The highest BCUT2D eigenvalue weighted by atomic mass is 32.2. The maximum absolute atomic E-state index is 14.5. The van der Waals surface area contributed by atoms with Crippen molar-refractivity contribution in [2.75, 3.05) is 19.0 Å². The molecular formula is C22H27FN2O4S. The maximum atomic E-state index is 14.5. The smallest absolute Gasteiger partial charge is 0.258 e. The Kier molecular flexibility index (Phi) is 6.77. The summed E-state index contributed by atoms with van der Waals surface area (Å²) in [6, 6.07) is 8.51. The second-order valence-electron chi connectivity index (χ2n) is 7.47. The number of methoxy groups -OCH3 is 1. The van der Waals surface area contributed by atoms with Crippen molar-refractivity contribution in [3.63, 3.8) is 0 Å². The number of carbonyl (C=O) groups is 1. The Morgan fingerprint density at radius 1 is 1.23 bits per heavy atom. The van der Waals surface area contributed by atoms with Gasteiger partial charge in [-0.3, -0.25) is 4.79 Å². The molecule has 1 amide bonds. The molecular weight excluding hydrogens is 407 g/mol. The van der Waals surface area contributed by atoms with E-state index >= 15 is 0 Å². The third kappa shape index (κ3) is 4.49. The van der Waals surface area contributed by atoms with Crippen LogP contribution < -0.4 is 10.1 Å². The van der Waals surface area contributed by atoms with Crippen molar-refractivity contribution < 1.29 is 22.3 Å². The molecule has 1 aliphatic heterocycles. The number of anilines is 1. The van der Waals surface area contributed by atoms with Gasteiger partial charge in [-0.15, -0.1) is 0 Å². The second-order valence-corrected chi connectivity index (χ2v) is 9.36. The molecule has 8 heteroatoms. The highest BCUT2D eigenvalue weighted by Crippen LogP contribution is 2.29. The number of rotatable bonds is 6. The van der Waals surface area contributed by atoms with E-state index in [2.05, 4.69) is 5.32 Å². The van der Waals surface area contributed by atoms with E-state index in [4.69, 9.17) is 4.74 Å². The first-order chi connectivity index (χ1) is 14.3. The van der Waals surface area contributed by atoms with E-state index in [0.29, 0.717) is 24.4 Å². The fraction of sp³-hybridized carbons (Fsp3) is 0.409. The highest BCUT2D eigenvalue weighted by Gasteiger charge is 2.33. The molecule has 3 rings (SSSR count). The van der Waals surface area contributed by atoms with E-state index in [-0.39, 0.29) is 16.5 Å². The van der Waals surface area contributed by atoms with Crippen molar-refractivity contribution in [3.8, 4) is 5.75 Å². The number of piperidine rings is 1. The van der Waals surface area contributed by atoms with Crippen molar-refractivity contribution in [1.29, 1.82) is 0 Å². The van der Waals surface area contributed by atoms with E-state index in [0.717, 1.165) is 37.0 Å². The summed E-state index contributed by atoms with van der Waals surface area (Å²) in [5.41, 5.74) is 0.945. The van der Waals surface area contributed by atoms with Gasteiger partial charge in [-0.25, -0.2) is 12.8 Å². The molecule has 1 saturated heterocycles. The first kappa shape index (κ1) is 22.2. The van der Waals surface area contributed by atoms with Crippen molar-refractivity contribution in [3.05, 3.63) is 53.3 Å². The number of sulfonamides is 1. The Labute approximate surface area is 177 Å². The Hall–Kier alpha value is -2.45. The summed E-state index contributed by atoms with van der Waals surface area (Å²) < 4.78 is 47.6. The first-order valence-corrected chi connectivity index (χ1v) is 11.5. The van der Waals surface area contributed by atoms with Crippen LogP contribution in [0.4, 0.5) is 10.1 Å². The molecule has 1 unspecified atom stereocenters. The molecule has 30 heavy (non-hydrogen) atoms. The third-order valence-corrected chi connectivity index (χ3v) is 7.38. The van der Waals surface area contributed by atoms with E-state index in [9.17, 15) is 17.6 Å². The van der Waals surface area contributed by atoms with Crippen molar-refractivity contribution in [2.24, 2.45) is 0 Å². The SMILES string of the molecule is CCC1CCCCN1S(=O)(=O)c1ccc(F)c(C(=O)Nc2cc(C)ccc2OC)c1. The zero-order valence-corrected chi connectivity index (χ0v) is 18.3. The van der Waals surface area contributed by atoms with Gasteiger partial charge in [0.1, 0.15) is 11.6 Å². The molecule has 0 aromatic heterocycles. The number of nitrogens with zero attached hydrogens (tertiary/aromatic N) is 1. The molecule has 0 aliphatic carbocycles. The summed E-state index contributed by atoms with van der Waals surface area (Å²) in [7, 11) is -2.36. The number of benzene rings is 2. The normalized spacial score (nSPS) is 17.5. The lowest BCUT2D eigenvalue weighted by molar-refractivity contribution is 0.102. The number of halogens is 1. The average Bonchev–Trinajstić information content (AvgIpc) is 2.74. The molecule has 1 heterocycles. The molecule has 1 aliphatic rings. The summed E-state index contributed by atoms with van der Waals surface area (Å²) in [6.45, 7) is 4.24. The Morgan fingerprint density at radius 2 is 2.00 bits per heavy atom. The lowest BCUT2D eigenvalue weighted by Gasteiger charge is -2.34. The van der Waals surface area contributed by atoms with Gasteiger partial charge < -0.3 is 10.1 Å². The minimum absolute atomic E-state index is 0.0781. The fourth-order valence-corrected chi connectivity index (χ4v) is 5.58. The van der Waals surface area contributed by atoms with Crippen LogP contribution in [-0.4, -0.2) is 38.3 Å². The van der Waals surface area contributed by atoms with E-state index in [1.165, 1.54) is 17.5 Å². The molecule has 1 N–H and O–H groups in total. The van der Waals surface area contributed by atoms with Gasteiger partial charge in [0.25, 0.3) is 5.91 Å². The zero-order chi connectivity index (χ0) is 21.9. The molecule has 2 aromatic rings. The summed E-state index contributed by atoms with van der Waals surface area (Å²) in [4.78, 5) is 12.7. The highest BCUT2D eigenvalue weighted by molar-refractivity contribution is 7.89. The molecule has 6 nitrogen and oxygen atoms in total. The van der Waals surface area contributed by atoms with Crippen LogP contribution in [0.15, 0.2) is 41.3 Å². The summed E-state index contributed by atoms with van der Waals surface area (Å²) in [5, 5.41) is 2.63. The van der Waals surface area contributed by atoms with E-state index in [1.54, 1.807) is 12.1 Å². The van der Waals surface area contributed by atoms with Gasteiger partial charge in [0, 0.05) is 12.6 Å². The number of carbonyl (C=O) groups excluding carboxylic acids is 1. The zero-order valence-electron chi connectivity index (χ0n) is 17.4. The van der Waals surface area contributed by atoms with Crippen LogP contribution in [0.5, 0.6) is 5.75 Å². The minimum atomic E-state index is -3.83. The van der Waals surface area contributed by atoms with Crippen LogP contribution in [0.3, 0.4) is 0 Å². The molecule has 162 valence electrons. The lowest BCUT2D eigenvalue weighted by Crippen LogP contribution is -2.43. The summed E-state index contributed by atoms with van der Waals surface area (Å²) in [6.07, 6.45) is 3.29. The van der Waals surface area contributed by atoms with E-state index < -0.39 is 21.7 Å². The van der Waals surface area contributed by atoms with Crippen LogP contribution in [0.1, 0.15) is 48.5 Å². The van der Waals surface area contributed by atoms with Crippen molar-refractivity contribution >= 4 is 21.6 Å². The van der Waals surface area contributed by atoms with Gasteiger partial charge in [-0.05, 0) is 62.1 Å². The van der Waals surface area contributed by atoms with Crippen LogP contribution >= 0.6 is 0 Å². The van der Waals surface area contributed by atoms with Crippen molar-refractivity contribution in [2.45, 2.75) is 50.5 Å². The number of ether oxygens (including phenoxy) is 1. The molecule has 0 saturated carbocycles. The Balaban J connectivity index is 1.93. The van der Waals surface area contributed by atoms with Gasteiger partial charge in [-0.2, -0.15) is 4.31 Å². The second kappa shape index (κ2) is 9.14. The van der Waals surface area contributed by atoms with E-state index in [1.807, 2.05) is 19.9 Å². The lowest BCUT2D eigenvalue weighted by atomic mass is 10.0. The molecule has 1 fully saturated rings. The van der Waals surface area contributed by atoms with Gasteiger partial charge >= 0.3 is 0 Å². The molecule has 1 atom stereocenters. The van der Waals surface area contributed by atoms with Crippen LogP contribution in [0.2, 0.25) is 0 Å². The average molecular weight is 435 g/mol. The van der Waals surface area contributed by atoms with Crippen LogP contribution in [0, 0.1) is 12.7 Å². The van der Waals surface area contributed by atoms with Crippen LogP contribution in [0.25, 0.3) is 0 Å². The molecule has 0 radical (unpaired) electrons. The standard InChI is InChI=1S/C22H27FN2O4S/c1-4-16-7-5-6-12-25(16)30(27,28)17-9-10-19(23)18(14-17)22(26)24-20-13-15(2)8-11-21(20)29-3/h8-11,13-14,16H,4-7,12H2,1-3H3,(H,24,26). The molecule has 0 bridgehead atoms. The molecule has 2 aromatic carbocycles. The number of hydrogen-bond donors (Lipinski definition) is 1. The summed E-state index contributed by atoms with van der Waals surface area (Å²) in [5.74, 6) is -1.10. The van der Waals surface area contributed by atoms with Gasteiger partial charge in [0.05, 0.1) is 23.3 Å². The Morgan fingerprint density at radius 3 is 2.70 bits per heavy atom. The minimum Gasteiger partial charge on any atom is -0.495 e. The Bertz CT molecular complexity index is 1040. The number of nitrogens with one attached hydrogen (secondary N) is 1. The van der Waals surface area contributed by atoms with Gasteiger partial charge in [0.15, 0.2) is 0 Å². The van der Waals surface area contributed by atoms with Gasteiger partial charge in [0.2, 0.25) is 10.0 Å². The van der Waals surface area contributed by atoms with Crippen LogP contribution in [-0.2, 0) is 10.0 Å². The quantitative estimate of drug-likeness (QED) is 0.734. The largest absolute Gasteiger partial charge is 0.495 e. The number of aryl methyl sites for hydroxylation is 1. The predicted molar refractivity (Wildman–Crippen MR) is 114 cm³/mol. The monoisotopic (exact) mass is 434 g/mol. The number of amides is 1. The topological polar surface area (TPSA) is 75.7 Å². The molecule has 0 spiro atoms. The summed E-state index contributed by atoms with van der Waals surface area (Å²) >= 11 is 0. The fourth-order valence-electron chi connectivity index (χ4n) is 3.78. The third-order valence-electron chi connectivity index (χ3n) is 5.44. The van der Waals surface area contributed by atoms with Crippen molar-refractivity contribution in [1.82, 2.24) is 4.31 Å². The predicted octanol–water partition coefficient (Wildman–Crippen LogP) is 4.35. The first-order valence-electron chi connectivity index (χ1n) is 10.0.